The van der Waals surface area contributed by atoms with Crippen molar-refractivity contribution in [3.8, 4) is 0 Å². The zero-order valence-corrected chi connectivity index (χ0v) is 13.7. The quantitative estimate of drug-likeness (QED) is 0.839. The lowest BCUT2D eigenvalue weighted by Gasteiger charge is -2.46. The van der Waals surface area contributed by atoms with Crippen LogP contribution in [0.5, 0.6) is 0 Å². The molecule has 20 heavy (non-hydrogen) atoms. The summed E-state index contributed by atoms with van der Waals surface area (Å²) in [6.07, 6.45) is 6.62. The van der Waals surface area contributed by atoms with Crippen molar-refractivity contribution in [3.05, 3.63) is 0 Å². The summed E-state index contributed by atoms with van der Waals surface area (Å²) in [4.78, 5) is 14.6. The van der Waals surface area contributed by atoms with Gasteiger partial charge < -0.3 is 5.32 Å². The Labute approximate surface area is 124 Å². The van der Waals surface area contributed by atoms with Crippen LogP contribution < -0.4 is 5.32 Å². The van der Waals surface area contributed by atoms with Crippen LogP contribution in [0.15, 0.2) is 0 Å². The number of amides is 1. The van der Waals surface area contributed by atoms with Crippen molar-refractivity contribution in [1.29, 1.82) is 0 Å². The Bertz CT molecular complexity index is 325. The fourth-order valence-electron chi connectivity index (χ4n) is 3.85. The van der Waals surface area contributed by atoms with Crippen molar-refractivity contribution in [2.24, 2.45) is 17.8 Å². The van der Waals surface area contributed by atoms with Gasteiger partial charge >= 0.3 is 0 Å². The topological polar surface area (TPSA) is 32.3 Å². The van der Waals surface area contributed by atoms with Crippen LogP contribution in [0.3, 0.4) is 0 Å². The van der Waals surface area contributed by atoms with Gasteiger partial charge in [0.25, 0.3) is 0 Å². The molecule has 1 heterocycles. The first-order chi connectivity index (χ1) is 9.51. The average molecular weight is 280 g/mol. The predicted molar refractivity (Wildman–Crippen MR) is 83.5 cm³/mol. The molecule has 1 N–H and O–H groups in total. The third kappa shape index (κ3) is 3.75. The maximum atomic E-state index is 11.9. The molecule has 3 heteroatoms. The van der Waals surface area contributed by atoms with Gasteiger partial charge in [0.05, 0.1) is 0 Å². The Hall–Kier alpha value is -0.570. The van der Waals surface area contributed by atoms with Gasteiger partial charge in [-0.1, -0.05) is 34.1 Å². The summed E-state index contributed by atoms with van der Waals surface area (Å²) >= 11 is 0. The van der Waals surface area contributed by atoms with E-state index in [4.69, 9.17) is 0 Å². The number of hydrogen-bond donors (Lipinski definition) is 1. The number of rotatable bonds is 5. The second kappa shape index (κ2) is 6.93. The highest BCUT2D eigenvalue weighted by atomic mass is 16.1. The Balaban J connectivity index is 1.94. The molecular weight excluding hydrogens is 248 g/mol. The third-order valence-electron chi connectivity index (χ3n) is 5.14. The summed E-state index contributed by atoms with van der Waals surface area (Å²) in [5.41, 5.74) is 0. The first kappa shape index (κ1) is 15.8. The van der Waals surface area contributed by atoms with Crippen LogP contribution in [-0.2, 0) is 4.79 Å². The zero-order valence-electron chi connectivity index (χ0n) is 13.7. The molecule has 0 bridgehead atoms. The molecule has 0 aromatic heterocycles. The van der Waals surface area contributed by atoms with Crippen LogP contribution in [0, 0.1) is 17.8 Å². The largest absolute Gasteiger partial charge is 0.352 e. The molecule has 3 unspecified atom stereocenters. The molecule has 1 saturated heterocycles. The number of likely N-dealkylation sites (tertiary alicyclic amines) is 1. The minimum absolute atomic E-state index is 0.0919. The van der Waals surface area contributed by atoms with Gasteiger partial charge in [-0.3, -0.25) is 9.69 Å². The van der Waals surface area contributed by atoms with Gasteiger partial charge in [-0.15, -0.1) is 0 Å². The third-order valence-corrected chi connectivity index (χ3v) is 5.14. The minimum Gasteiger partial charge on any atom is -0.352 e. The molecule has 0 spiro atoms. The van der Waals surface area contributed by atoms with Gasteiger partial charge in [0.2, 0.25) is 5.91 Å². The number of piperidine rings is 1. The van der Waals surface area contributed by atoms with Crippen LogP contribution in [0.1, 0.15) is 59.8 Å². The molecule has 2 aliphatic rings. The van der Waals surface area contributed by atoms with Gasteiger partial charge in [0.15, 0.2) is 0 Å². The van der Waals surface area contributed by atoms with Crippen molar-refractivity contribution in [2.75, 3.05) is 13.1 Å². The fourth-order valence-corrected chi connectivity index (χ4v) is 3.85. The van der Waals surface area contributed by atoms with E-state index in [2.05, 4.69) is 24.1 Å². The lowest BCUT2D eigenvalue weighted by molar-refractivity contribution is -0.125. The monoisotopic (exact) mass is 280 g/mol. The predicted octanol–water partition coefficient (Wildman–Crippen LogP) is 3.05. The van der Waals surface area contributed by atoms with Crippen molar-refractivity contribution >= 4 is 5.91 Å². The first-order valence-electron chi connectivity index (χ1n) is 8.55. The molecule has 116 valence electrons. The Morgan fingerprint density at radius 3 is 2.50 bits per heavy atom. The van der Waals surface area contributed by atoms with E-state index >= 15 is 0 Å². The van der Waals surface area contributed by atoms with Crippen molar-refractivity contribution in [3.63, 3.8) is 0 Å². The highest BCUT2D eigenvalue weighted by Gasteiger charge is 2.35. The number of carbonyl (C=O) groups excluding carboxylic acids is 1. The van der Waals surface area contributed by atoms with E-state index in [1.54, 1.807) is 0 Å². The van der Waals surface area contributed by atoms with Crippen LogP contribution in [-0.4, -0.2) is 36.0 Å². The van der Waals surface area contributed by atoms with Crippen molar-refractivity contribution in [1.82, 2.24) is 10.2 Å². The van der Waals surface area contributed by atoms with E-state index < -0.39 is 0 Å². The van der Waals surface area contributed by atoms with Gasteiger partial charge in [0, 0.05) is 31.1 Å². The molecule has 1 aliphatic carbocycles. The van der Waals surface area contributed by atoms with Crippen LogP contribution in [0.2, 0.25) is 0 Å². The molecule has 2 rings (SSSR count). The van der Waals surface area contributed by atoms with E-state index in [9.17, 15) is 4.79 Å². The van der Waals surface area contributed by atoms with Crippen LogP contribution >= 0.6 is 0 Å². The maximum Gasteiger partial charge on any atom is 0.222 e. The second-order valence-corrected chi connectivity index (χ2v) is 7.32. The highest BCUT2D eigenvalue weighted by molar-refractivity contribution is 5.78. The lowest BCUT2D eigenvalue weighted by Crippen LogP contribution is -2.55. The van der Waals surface area contributed by atoms with Crippen LogP contribution in [0.4, 0.5) is 0 Å². The summed E-state index contributed by atoms with van der Waals surface area (Å²) in [5, 5.41) is 3.25. The number of hydrogen-bond acceptors (Lipinski definition) is 2. The van der Waals surface area contributed by atoms with Crippen molar-refractivity contribution in [2.45, 2.75) is 71.9 Å². The van der Waals surface area contributed by atoms with E-state index in [1.165, 1.54) is 32.2 Å². The van der Waals surface area contributed by atoms with Gasteiger partial charge in [0.1, 0.15) is 0 Å². The Morgan fingerprint density at radius 2 is 2.00 bits per heavy atom. The van der Waals surface area contributed by atoms with E-state index in [0.29, 0.717) is 12.0 Å². The summed E-state index contributed by atoms with van der Waals surface area (Å²) in [6.45, 7) is 10.9. The summed E-state index contributed by atoms with van der Waals surface area (Å²) < 4.78 is 0. The zero-order chi connectivity index (χ0) is 14.7. The number of nitrogens with one attached hydrogen (secondary N) is 1. The molecule has 0 aromatic rings. The molecule has 2 fully saturated rings. The Morgan fingerprint density at radius 1 is 1.30 bits per heavy atom. The molecule has 1 aliphatic heterocycles. The molecule has 3 atom stereocenters. The molecule has 3 nitrogen and oxygen atoms in total. The van der Waals surface area contributed by atoms with E-state index in [0.717, 1.165) is 24.9 Å². The van der Waals surface area contributed by atoms with Gasteiger partial charge in [-0.2, -0.15) is 0 Å². The first-order valence-corrected chi connectivity index (χ1v) is 8.55. The summed E-state index contributed by atoms with van der Waals surface area (Å²) in [6, 6.07) is 1.09. The molecule has 1 saturated carbocycles. The molecular formula is C17H32N2O. The minimum atomic E-state index is 0.0919. The lowest BCUT2D eigenvalue weighted by atomic mass is 9.77. The number of nitrogens with zero attached hydrogens (tertiary/aromatic N) is 1. The number of carbonyl (C=O) groups is 1. The molecule has 0 radical (unpaired) electrons. The molecule has 1 amide bonds. The summed E-state index contributed by atoms with van der Waals surface area (Å²) in [5.74, 6) is 1.90. The average Bonchev–Trinajstić information content (AvgIpc) is 2.32. The SMILES string of the molecule is CCC(C1CCC1)N1CC(C)CC(NC(=O)C(C)C)C1. The molecule has 0 aromatic carbocycles. The Kier molecular flexibility index (Phi) is 5.48. The van der Waals surface area contributed by atoms with Crippen molar-refractivity contribution < 1.29 is 4.79 Å². The van der Waals surface area contributed by atoms with Crippen LogP contribution in [0.25, 0.3) is 0 Å². The maximum absolute atomic E-state index is 11.9. The summed E-state index contributed by atoms with van der Waals surface area (Å²) in [7, 11) is 0. The van der Waals surface area contributed by atoms with Gasteiger partial charge in [-0.05, 0) is 37.5 Å². The van der Waals surface area contributed by atoms with E-state index in [-0.39, 0.29) is 11.8 Å². The van der Waals surface area contributed by atoms with E-state index in [1.807, 2.05) is 13.8 Å². The standard InChI is InChI=1S/C17H32N2O/c1-5-16(14-7-6-8-14)19-10-13(4)9-15(11-19)18-17(20)12(2)3/h12-16H,5-11H2,1-4H3,(H,18,20). The fraction of sp³-hybridized carbons (Fsp3) is 0.941. The smallest absolute Gasteiger partial charge is 0.222 e. The second-order valence-electron chi connectivity index (χ2n) is 7.32. The normalized spacial score (nSPS) is 30.1. The highest BCUT2D eigenvalue weighted by Crippen LogP contribution is 2.35. The van der Waals surface area contributed by atoms with Gasteiger partial charge in [-0.25, -0.2) is 0 Å².